The van der Waals surface area contributed by atoms with Gasteiger partial charge in [-0.1, -0.05) is 29.8 Å². The number of aliphatic hydroxyl groups excluding tert-OH is 1. The van der Waals surface area contributed by atoms with Gasteiger partial charge in [-0.25, -0.2) is 4.39 Å². The quantitative estimate of drug-likeness (QED) is 0.533. The summed E-state index contributed by atoms with van der Waals surface area (Å²) in [7, 11) is 0. The number of halogens is 2. The molecule has 33 heavy (non-hydrogen) atoms. The predicted molar refractivity (Wildman–Crippen MR) is 125 cm³/mol. The fourth-order valence-corrected chi connectivity index (χ4v) is 4.39. The molecule has 3 aromatic rings. The van der Waals surface area contributed by atoms with Gasteiger partial charge in [-0.15, -0.1) is 0 Å². The van der Waals surface area contributed by atoms with E-state index >= 15 is 0 Å². The van der Waals surface area contributed by atoms with Gasteiger partial charge < -0.3 is 14.7 Å². The Hall–Kier alpha value is -2.96. The second kappa shape index (κ2) is 9.89. The molecule has 0 radical (unpaired) electrons. The van der Waals surface area contributed by atoms with Crippen LogP contribution in [0.2, 0.25) is 5.02 Å². The van der Waals surface area contributed by atoms with Crippen molar-refractivity contribution in [2.24, 2.45) is 0 Å². The van der Waals surface area contributed by atoms with Gasteiger partial charge in [0.1, 0.15) is 17.2 Å². The molecular weight excluding hydrogens is 443 g/mol. The number of hydrogen-bond donors (Lipinski definition) is 1. The first-order chi connectivity index (χ1) is 15.8. The lowest BCUT2D eigenvalue weighted by Gasteiger charge is -2.24. The third kappa shape index (κ3) is 5.70. The summed E-state index contributed by atoms with van der Waals surface area (Å²) in [5.74, 6) is 0.291. The molecule has 0 aliphatic carbocycles. The van der Waals surface area contributed by atoms with Crippen LogP contribution in [0.15, 0.2) is 60.9 Å². The Bertz CT molecular complexity index is 1140. The molecule has 5 nitrogen and oxygen atoms in total. The molecule has 2 aromatic carbocycles. The summed E-state index contributed by atoms with van der Waals surface area (Å²) in [6, 6.07) is 14.3. The molecule has 1 amide bonds. The Labute approximate surface area is 197 Å². The Kier molecular flexibility index (Phi) is 6.96. The molecule has 7 heteroatoms. The molecular formula is C26H26ClFN2O3. The third-order valence-electron chi connectivity index (χ3n) is 5.81. The largest absolute Gasteiger partial charge is 0.487 e. The molecule has 0 fully saturated rings. The number of nitrogens with zero attached hydrogens (tertiary/aromatic N) is 2. The van der Waals surface area contributed by atoms with E-state index in [0.717, 1.165) is 28.0 Å². The van der Waals surface area contributed by atoms with Crippen LogP contribution in [-0.4, -0.2) is 39.7 Å². The molecule has 1 atom stereocenters. The fourth-order valence-electron chi connectivity index (χ4n) is 4.27. The summed E-state index contributed by atoms with van der Waals surface area (Å²) < 4.78 is 20.0. The van der Waals surface area contributed by atoms with Crippen LogP contribution in [0.1, 0.15) is 29.2 Å². The maximum atomic E-state index is 13.8. The summed E-state index contributed by atoms with van der Waals surface area (Å²) in [5, 5.41) is 9.52. The molecule has 1 N–H and O–H groups in total. The van der Waals surface area contributed by atoms with E-state index in [1.165, 1.54) is 6.07 Å². The molecule has 0 saturated heterocycles. The van der Waals surface area contributed by atoms with Crippen LogP contribution < -0.4 is 4.74 Å². The van der Waals surface area contributed by atoms with Gasteiger partial charge in [-0.3, -0.25) is 9.78 Å². The van der Waals surface area contributed by atoms with Crippen molar-refractivity contribution in [2.45, 2.75) is 38.3 Å². The van der Waals surface area contributed by atoms with Crippen LogP contribution in [0.3, 0.4) is 0 Å². The van der Waals surface area contributed by atoms with Crippen molar-refractivity contribution >= 4 is 17.5 Å². The number of rotatable bonds is 8. The predicted octanol–water partition coefficient (Wildman–Crippen LogP) is 4.37. The van der Waals surface area contributed by atoms with Crippen molar-refractivity contribution in [1.29, 1.82) is 0 Å². The number of aliphatic hydroxyl groups is 1. The molecule has 0 spiro atoms. The monoisotopic (exact) mass is 468 g/mol. The van der Waals surface area contributed by atoms with E-state index in [4.69, 9.17) is 16.3 Å². The number of aromatic nitrogens is 1. The topological polar surface area (TPSA) is 62.7 Å². The SMILES string of the molecule is CC1(Cc2ccc(Cl)c(F)c2)Cc2cc(CC(=O)N(CCO)Cc3ccncc3)ccc2O1. The molecule has 172 valence electrons. The third-order valence-corrected chi connectivity index (χ3v) is 6.12. The lowest BCUT2D eigenvalue weighted by atomic mass is 9.91. The number of fused-ring (bicyclic) bond motifs is 1. The van der Waals surface area contributed by atoms with Gasteiger partial charge in [0.15, 0.2) is 0 Å². The highest BCUT2D eigenvalue weighted by Gasteiger charge is 2.35. The van der Waals surface area contributed by atoms with E-state index < -0.39 is 11.4 Å². The molecule has 1 aliphatic heterocycles. The van der Waals surface area contributed by atoms with Crippen LogP contribution in [0.5, 0.6) is 5.75 Å². The van der Waals surface area contributed by atoms with E-state index in [9.17, 15) is 14.3 Å². The van der Waals surface area contributed by atoms with E-state index in [1.54, 1.807) is 23.4 Å². The van der Waals surface area contributed by atoms with Crippen LogP contribution >= 0.6 is 11.6 Å². The maximum Gasteiger partial charge on any atom is 0.227 e. The molecule has 1 aromatic heterocycles. The summed E-state index contributed by atoms with van der Waals surface area (Å²) in [5.41, 5.74) is 3.19. The van der Waals surface area contributed by atoms with Gasteiger partial charge in [-0.2, -0.15) is 0 Å². The zero-order valence-electron chi connectivity index (χ0n) is 18.4. The summed E-state index contributed by atoms with van der Waals surface area (Å²) >= 11 is 5.80. The van der Waals surface area contributed by atoms with Crippen molar-refractivity contribution in [1.82, 2.24) is 9.88 Å². The van der Waals surface area contributed by atoms with E-state index in [-0.39, 0.29) is 30.5 Å². The van der Waals surface area contributed by atoms with Crippen molar-refractivity contribution in [2.75, 3.05) is 13.2 Å². The van der Waals surface area contributed by atoms with E-state index in [0.29, 0.717) is 19.4 Å². The minimum Gasteiger partial charge on any atom is -0.487 e. The molecule has 4 rings (SSSR count). The Morgan fingerprint density at radius 1 is 1.15 bits per heavy atom. The van der Waals surface area contributed by atoms with Gasteiger partial charge >= 0.3 is 0 Å². The Morgan fingerprint density at radius 2 is 1.91 bits per heavy atom. The highest BCUT2D eigenvalue weighted by atomic mass is 35.5. The van der Waals surface area contributed by atoms with E-state index in [1.807, 2.05) is 43.3 Å². The highest BCUT2D eigenvalue weighted by Crippen LogP contribution is 2.38. The highest BCUT2D eigenvalue weighted by molar-refractivity contribution is 6.30. The van der Waals surface area contributed by atoms with E-state index in [2.05, 4.69) is 4.98 Å². The number of carbonyl (C=O) groups is 1. The van der Waals surface area contributed by atoms with Crippen LogP contribution in [0.4, 0.5) is 4.39 Å². The van der Waals surface area contributed by atoms with Gasteiger partial charge in [0.25, 0.3) is 0 Å². The summed E-state index contributed by atoms with van der Waals surface area (Å²) in [6.45, 7) is 2.59. The standard InChI is InChI=1S/C26H26ClFN2O3/c1-26(15-20-2-4-22(27)23(28)13-20)16-21-12-19(3-5-24(21)33-26)14-25(32)30(10-11-31)17-18-6-8-29-9-7-18/h2-9,12-13,31H,10-11,14-17H2,1H3. The minimum absolute atomic E-state index is 0.0564. The van der Waals surface area contributed by atoms with Crippen molar-refractivity contribution in [3.63, 3.8) is 0 Å². The average Bonchev–Trinajstić information content (AvgIpc) is 3.11. The number of benzene rings is 2. The average molecular weight is 469 g/mol. The maximum absolute atomic E-state index is 13.8. The van der Waals surface area contributed by atoms with Gasteiger partial charge in [0.05, 0.1) is 18.1 Å². The molecule has 0 bridgehead atoms. The van der Waals surface area contributed by atoms with Gasteiger partial charge in [0, 0.05) is 38.3 Å². The second-order valence-electron chi connectivity index (χ2n) is 8.67. The fraction of sp³-hybridized carbons (Fsp3) is 0.308. The lowest BCUT2D eigenvalue weighted by Crippen LogP contribution is -2.34. The van der Waals surface area contributed by atoms with Crippen molar-refractivity contribution in [3.8, 4) is 5.75 Å². The lowest BCUT2D eigenvalue weighted by molar-refractivity contribution is -0.131. The first-order valence-electron chi connectivity index (χ1n) is 10.9. The van der Waals surface area contributed by atoms with Crippen LogP contribution in [0.25, 0.3) is 0 Å². The number of amides is 1. The van der Waals surface area contributed by atoms with Gasteiger partial charge in [0.2, 0.25) is 5.91 Å². The zero-order valence-corrected chi connectivity index (χ0v) is 19.2. The number of carbonyl (C=O) groups excluding carboxylic acids is 1. The Balaban J connectivity index is 1.43. The normalized spacial score (nSPS) is 16.8. The van der Waals surface area contributed by atoms with Crippen molar-refractivity contribution < 1.29 is 19.0 Å². The van der Waals surface area contributed by atoms with Crippen LogP contribution in [-0.2, 0) is 30.6 Å². The first kappa shape index (κ1) is 23.2. The van der Waals surface area contributed by atoms with Gasteiger partial charge in [-0.05, 0) is 59.5 Å². The zero-order chi connectivity index (χ0) is 23.4. The Morgan fingerprint density at radius 3 is 2.64 bits per heavy atom. The molecule has 1 aliphatic rings. The summed E-state index contributed by atoms with van der Waals surface area (Å²) in [4.78, 5) is 18.6. The molecule has 2 heterocycles. The molecule has 1 unspecified atom stereocenters. The number of ether oxygens (including phenoxy) is 1. The molecule has 0 saturated carbocycles. The van der Waals surface area contributed by atoms with Crippen molar-refractivity contribution in [3.05, 3.63) is 94.0 Å². The second-order valence-corrected chi connectivity index (χ2v) is 9.07. The van der Waals surface area contributed by atoms with Crippen LogP contribution in [0, 0.1) is 5.82 Å². The minimum atomic E-state index is -0.504. The number of pyridine rings is 1. The smallest absolute Gasteiger partial charge is 0.227 e. The number of hydrogen-bond acceptors (Lipinski definition) is 4. The first-order valence-corrected chi connectivity index (χ1v) is 11.3. The summed E-state index contributed by atoms with van der Waals surface area (Å²) in [6.07, 6.45) is 4.81.